The molecule has 17 heavy (non-hydrogen) atoms. The number of ether oxygens (including phenoxy) is 1. The second kappa shape index (κ2) is 7.46. The lowest BCUT2D eigenvalue weighted by molar-refractivity contribution is 0.0908. The Morgan fingerprint density at radius 3 is 2.59 bits per heavy atom. The van der Waals surface area contributed by atoms with Crippen LogP contribution in [0.15, 0.2) is 24.3 Å². The summed E-state index contributed by atoms with van der Waals surface area (Å²) in [5.74, 6) is 0.629. The van der Waals surface area contributed by atoms with E-state index in [0.29, 0.717) is 12.5 Å². The van der Waals surface area contributed by atoms with E-state index in [-0.39, 0.29) is 6.04 Å². The molecule has 1 rings (SSSR count). The molecular weight excluding hydrogens is 210 g/mol. The van der Waals surface area contributed by atoms with Crippen LogP contribution in [0.2, 0.25) is 0 Å². The molecule has 2 N–H and O–H groups in total. The first-order valence-corrected chi connectivity index (χ1v) is 6.54. The summed E-state index contributed by atoms with van der Waals surface area (Å²) in [4.78, 5) is 0. The minimum atomic E-state index is -0.00923. The minimum Gasteiger partial charge on any atom is -0.379 e. The Labute approximate surface area is 105 Å². The van der Waals surface area contributed by atoms with Gasteiger partial charge in [-0.3, -0.25) is 0 Å². The minimum absolute atomic E-state index is 0.00923. The molecule has 96 valence electrons. The first-order chi connectivity index (χ1) is 8.15. The van der Waals surface area contributed by atoms with Crippen molar-refractivity contribution in [1.82, 2.24) is 0 Å². The van der Waals surface area contributed by atoms with Gasteiger partial charge in [0.05, 0.1) is 12.6 Å². The molecule has 0 amide bonds. The molecule has 0 aliphatic rings. The van der Waals surface area contributed by atoms with Crippen LogP contribution in [0.25, 0.3) is 0 Å². The molecule has 1 aromatic rings. The van der Waals surface area contributed by atoms with E-state index >= 15 is 0 Å². The third-order valence-corrected chi connectivity index (χ3v) is 3.07. The van der Waals surface area contributed by atoms with Crippen molar-refractivity contribution in [2.75, 3.05) is 13.2 Å². The molecule has 1 aromatic carbocycles. The third kappa shape index (κ3) is 4.88. The van der Waals surface area contributed by atoms with Gasteiger partial charge in [0, 0.05) is 6.61 Å². The molecule has 2 unspecified atom stereocenters. The van der Waals surface area contributed by atoms with Crippen LogP contribution in [0, 0.1) is 12.8 Å². The van der Waals surface area contributed by atoms with Gasteiger partial charge in [-0.05, 0) is 30.4 Å². The normalized spacial score (nSPS) is 14.6. The zero-order valence-electron chi connectivity index (χ0n) is 11.3. The summed E-state index contributed by atoms with van der Waals surface area (Å²) in [6.45, 7) is 7.94. The monoisotopic (exact) mass is 235 g/mol. The molecule has 0 saturated heterocycles. The van der Waals surface area contributed by atoms with Crippen molar-refractivity contribution in [1.29, 1.82) is 0 Å². The Balaban J connectivity index is 2.35. The molecular formula is C15H25NO. The Morgan fingerprint density at radius 2 is 1.94 bits per heavy atom. The van der Waals surface area contributed by atoms with E-state index in [2.05, 4.69) is 32.9 Å². The summed E-state index contributed by atoms with van der Waals surface area (Å²) < 4.78 is 5.69. The second-order valence-corrected chi connectivity index (χ2v) is 4.89. The predicted molar refractivity (Wildman–Crippen MR) is 73.0 cm³/mol. The van der Waals surface area contributed by atoms with Gasteiger partial charge in [-0.25, -0.2) is 0 Å². The van der Waals surface area contributed by atoms with Crippen molar-refractivity contribution < 1.29 is 4.74 Å². The molecule has 0 aliphatic carbocycles. The fourth-order valence-corrected chi connectivity index (χ4v) is 2.06. The zero-order chi connectivity index (χ0) is 12.7. The molecule has 2 nitrogen and oxygen atoms in total. The van der Waals surface area contributed by atoms with Gasteiger partial charge < -0.3 is 10.5 Å². The van der Waals surface area contributed by atoms with Crippen LogP contribution in [0.4, 0.5) is 0 Å². The SMILES string of the molecule is CCCC(C)COCC(N)c1ccccc1C. The van der Waals surface area contributed by atoms with Crippen LogP contribution in [0.3, 0.4) is 0 Å². The van der Waals surface area contributed by atoms with Crippen molar-refractivity contribution in [2.45, 2.75) is 39.7 Å². The van der Waals surface area contributed by atoms with Crippen LogP contribution < -0.4 is 5.73 Å². The molecule has 0 aliphatic heterocycles. The number of hydrogen-bond donors (Lipinski definition) is 1. The lowest BCUT2D eigenvalue weighted by Gasteiger charge is -2.17. The Bertz CT molecular complexity index is 324. The van der Waals surface area contributed by atoms with Gasteiger partial charge in [-0.1, -0.05) is 44.5 Å². The number of hydrogen-bond acceptors (Lipinski definition) is 2. The van der Waals surface area contributed by atoms with Gasteiger partial charge in [0.25, 0.3) is 0 Å². The summed E-state index contributed by atoms with van der Waals surface area (Å²) in [5, 5.41) is 0. The summed E-state index contributed by atoms with van der Waals surface area (Å²) in [5.41, 5.74) is 8.56. The standard InChI is InChI=1S/C15H25NO/c1-4-7-12(2)10-17-11-15(16)14-9-6-5-8-13(14)3/h5-6,8-9,12,15H,4,7,10-11,16H2,1-3H3. The van der Waals surface area contributed by atoms with Crippen molar-refractivity contribution in [3.05, 3.63) is 35.4 Å². The topological polar surface area (TPSA) is 35.2 Å². The fraction of sp³-hybridized carbons (Fsp3) is 0.600. The highest BCUT2D eigenvalue weighted by Gasteiger charge is 2.09. The summed E-state index contributed by atoms with van der Waals surface area (Å²) in [6, 6.07) is 8.23. The molecule has 0 spiro atoms. The molecule has 0 fully saturated rings. The molecule has 2 heteroatoms. The number of rotatable bonds is 7. The zero-order valence-corrected chi connectivity index (χ0v) is 11.3. The van der Waals surface area contributed by atoms with Crippen LogP contribution in [-0.4, -0.2) is 13.2 Å². The smallest absolute Gasteiger partial charge is 0.0659 e. The Morgan fingerprint density at radius 1 is 1.24 bits per heavy atom. The third-order valence-electron chi connectivity index (χ3n) is 3.07. The van der Waals surface area contributed by atoms with Gasteiger partial charge in [-0.15, -0.1) is 0 Å². The van der Waals surface area contributed by atoms with E-state index < -0.39 is 0 Å². The van der Waals surface area contributed by atoms with Crippen molar-refractivity contribution in [2.24, 2.45) is 11.7 Å². The lowest BCUT2D eigenvalue weighted by atomic mass is 10.0. The maximum atomic E-state index is 6.13. The predicted octanol–water partition coefficient (Wildman–Crippen LogP) is 3.45. The fourth-order valence-electron chi connectivity index (χ4n) is 2.06. The van der Waals surface area contributed by atoms with Crippen LogP contribution >= 0.6 is 0 Å². The molecule has 0 aromatic heterocycles. The molecule has 2 atom stereocenters. The van der Waals surface area contributed by atoms with E-state index in [1.165, 1.54) is 24.0 Å². The van der Waals surface area contributed by atoms with Gasteiger partial charge in [0.1, 0.15) is 0 Å². The lowest BCUT2D eigenvalue weighted by Crippen LogP contribution is -2.20. The molecule has 0 saturated carbocycles. The highest BCUT2D eigenvalue weighted by Crippen LogP contribution is 2.16. The van der Waals surface area contributed by atoms with Crippen molar-refractivity contribution in [3.8, 4) is 0 Å². The van der Waals surface area contributed by atoms with Gasteiger partial charge in [0.2, 0.25) is 0 Å². The van der Waals surface area contributed by atoms with Crippen LogP contribution in [-0.2, 0) is 4.74 Å². The number of nitrogens with two attached hydrogens (primary N) is 1. The van der Waals surface area contributed by atoms with E-state index in [1.54, 1.807) is 0 Å². The Hall–Kier alpha value is -0.860. The van der Waals surface area contributed by atoms with Gasteiger partial charge in [0.15, 0.2) is 0 Å². The molecule has 0 radical (unpaired) electrons. The summed E-state index contributed by atoms with van der Waals surface area (Å²) >= 11 is 0. The van der Waals surface area contributed by atoms with Crippen molar-refractivity contribution in [3.63, 3.8) is 0 Å². The highest BCUT2D eigenvalue weighted by molar-refractivity contribution is 5.28. The summed E-state index contributed by atoms with van der Waals surface area (Å²) in [6.07, 6.45) is 2.44. The Kier molecular flexibility index (Phi) is 6.23. The second-order valence-electron chi connectivity index (χ2n) is 4.89. The largest absolute Gasteiger partial charge is 0.379 e. The van der Waals surface area contributed by atoms with Crippen LogP contribution in [0.5, 0.6) is 0 Å². The average Bonchev–Trinajstić information content (AvgIpc) is 2.29. The van der Waals surface area contributed by atoms with Crippen molar-refractivity contribution >= 4 is 0 Å². The van der Waals surface area contributed by atoms with E-state index in [9.17, 15) is 0 Å². The number of aryl methyl sites for hydroxylation is 1. The summed E-state index contributed by atoms with van der Waals surface area (Å²) in [7, 11) is 0. The first kappa shape index (κ1) is 14.2. The van der Waals surface area contributed by atoms with Crippen LogP contribution in [0.1, 0.15) is 43.9 Å². The van der Waals surface area contributed by atoms with Gasteiger partial charge >= 0.3 is 0 Å². The first-order valence-electron chi connectivity index (χ1n) is 6.54. The van der Waals surface area contributed by atoms with Gasteiger partial charge in [-0.2, -0.15) is 0 Å². The molecule has 0 heterocycles. The van der Waals surface area contributed by atoms with E-state index in [1.807, 2.05) is 12.1 Å². The van der Waals surface area contributed by atoms with E-state index in [0.717, 1.165) is 6.61 Å². The average molecular weight is 235 g/mol. The van der Waals surface area contributed by atoms with E-state index in [4.69, 9.17) is 10.5 Å². The maximum Gasteiger partial charge on any atom is 0.0659 e. The maximum absolute atomic E-state index is 6.13. The number of benzene rings is 1. The quantitative estimate of drug-likeness (QED) is 0.785. The molecule has 0 bridgehead atoms. The highest BCUT2D eigenvalue weighted by atomic mass is 16.5.